The molecule has 0 bridgehead atoms. The smallest absolute Gasteiger partial charge is 0.317 e. The highest BCUT2D eigenvalue weighted by Gasteiger charge is 2.23. The molecule has 1 aliphatic heterocycles. The fourth-order valence-electron chi connectivity index (χ4n) is 2.23. The van der Waals surface area contributed by atoms with E-state index in [1.165, 1.54) is 0 Å². The van der Waals surface area contributed by atoms with Gasteiger partial charge in [0.05, 0.1) is 7.11 Å². The van der Waals surface area contributed by atoms with Crippen LogP contribution in [-0.2, 0) is 0 Å². The number of benzene rings is 1. The van der Waals surface area contributed by atoms with E-state index in [2.05, 4.69) is 5.32 Å². The number of likely N-dealkylation sites (tertiary alicyclic amines) is 1. The highest BCUT2D eigenvalue weighted by atomic mass is 16.5. The lowest BCUT2D eigenvalue weighted by atomic mass is 10.1. The summed E-state index contributed by atoms with van der Waals surface area (Å²) in [6.07, 6.45) is 1.81. The Labute approximate surface area is 113 Å². The summed E-state index contributed by atoms with van der Waals surface area (Å²) in [5.41, 5.74) is 0. The molecule has 0 aromatic heterocycles. The first kappa shape index (κ1) is 13.5. The van der Waals surface area contributed by atoms with Crippen LogP contribution in [0.15, 0.2) is 24.3 Å². The lowest BCUT2D eigenvalue weighted by Crippen LogP contribution is -2.45. The van der Waals surface area contributed by atoms with E-state index < -0.39 is 0 Å². The number of urea groups is 1. The van der Waals surface area contributed by atoms with E-state index in [0.717, 1.165) is 37.4 Å². The number of rotatable bonds is 3. The Morgan fingerprint density at radius 3 is 2.47 bits per heavy atom. The molecule has 104 valence electrons. The van der Waals surface area contributed by atoms with Gasteiger partial charge in [-0.3, -0.25) is 0 Å². The SMILES string of the molecule is CNC(=O)N1CCC(Oc2ccccc2OC)CC1. The normalized spacial score (nSPS) is 16.0. The van der Waals surface area contributed by atoms with Crippen molar-refractivity contribution in [1.29, 1.82) is 0 Å². The number of hydrogen-bond acceptors (Lipinski definition) is 3. The predicted molar refractivity (Wildman–Crippen MR) is 72.7 cm³/mol. The fraction of sp³-hybridized carbons (Fsp3) is 0.500. The fourth-order valence-corrected chi connectivity index (χ4v) is 2.23. The van der Waals surface area contributed by atoms with Crippen molar-refractivity contribution in [2.45, 2.75) is 18.9 Å². The summed E-state index contributed by atoms with van der Waals surface area (Å²) in [6, 6.07) is 7.62. The standard InChI is InChI=1S/C14H20N2O3/c1-15-14(17)16-9-7-11(8-10-16)19-13-6-4-3-5-12(13)18-2/h3-6,11H,7-10H2,1-2H3,(H,15,17). The summed E-state index contributed by atoms with van der Waals surface area (Å²) in [6.45, 7) is 1.44. The molecule has 5 heteroatoms. The molecule has 0 atom stereocenters. The average Bonchev–Trinajstić information content (AvgIpc) is 2.48. The van der Waals surface area contributed by atoms with E-state index >= 15 is 0 Å². The van der Waals surface area contributed by atoms with Crippen LogP contribution in [0.2, 0.25) is 0 Å². The van der Waals surface area contributed by atoms with Gasteiger partial charge in [-0.1, -0.05) is 12.1 Å². The van der Waals surface area contributed by atoms with Crippen molar-refractivity contribution >= 4 is 6.03 Å². The van der Waals surface area contributed by atoms with Gasteiger partial charge in [-0.05, 0) is 12.1 Å². The summed E-state index contributed by atoms with van der Waals surface area (Å²) in [5, 5.41) is 2.64. The maximum absolute atomic E-state index is 11.5. The van der Waals surface area contributed by atoms with Gasteiger partial charge in [-0.25, -0.2) is 4.79 Å². The van der Waals surface area contributed by atoms with Crippen molar-refractivity contribution in [3.05, 3.63) is 24.3 Å². The highest BCUT2D eigenvalue weighted by molar-refractivity contribution is 5.73. The Balaban J connectivity index is 1.90. The van der Waals surface area contributed by atoms with Crippen LogP contribution in [0.25, 0.3) is 0 Å². The summed E-state index contributed by atoms with van der Waals surface area (Å²) in [5.74, 6) is 1.51. The van der Waals surface area contributed by atoms with Gasteiger partial charge < -0.3 is 19.7 Å². The summed E-state index contributed by atoms with van der Waals surface area (Å²) in [4.78, 5) is 13.3. The van der Waals surface area contributed by atoms with Crippen molar-refractivity contribution in [1.82, 2.24) is 10.2 Å². The Morgan fingerprint density at radius 1 is 1.26 bits per heavy atom. The zero-order valence-electron chi connectivity index (χ0n) is 11.4. The molecule has 0 spiro atoms. The monoisotopic (exact) mass is 264 g/mol. The minimum absolute atomic E-state index is 0.0178. The number of nitrogens with one attached hydrogen (secondary N) is 1. The summed E-state index contributed by atoms with van der Waals surface area (Å²) in [7, 11) is 3.29. The van der Waals surface area contributed by atoms with E-state index in [0.29, 0.717) is 0 Å². The number of para-hydroxylation sites is 2. The first-order valence-electron chi connectivity index (χ1n) is 6.51. The van der Waals surface area contributed by atoms with Crippen molar-refractivity contribution in [3.8, 4) is 11.5 Å². The van der Waals surface area contributed by atoms with Crippen LogP contribution in [0.1, 0.15) is 12.8 Å². The van der Waals surface area contributed by atoms with Crippen LogP contribution in [0, 0.1) is 0 Å². The number of carbonyl (C=O) groups excluding carboxylic acids is 1. The van der Waals surface area contributed by atoms with Gasteiger partial charge in [0, 0.05) is 33.0 Å². The van der Waals surface area contributed by atoms with Crippen LogP contribution in [0.5, 0.6) is 11.5 Å². The van der Waals surface area contributed by atoms with Gasteiger partial charge >= 0.3 is 6.03 Å². The minimum Gasteiger partial charge on any atom is -0.493 e. The summed E-state index contributed by atoms with van der Waals surface area (Å²) >= 11 is 0. The number of amides is 2. The van der Waals surface area contributed by atoms with E-state index in [-0.39, 0.29) is 12.1 Å². The third-order valence-electron chi connectivity index (χ3n) is 3.31. The molecule has 0 radical (unpaired) electrons. The third kappa shape index (κ3) is 3.30. The van der Waals surface area contributed by atoms with Crippen LogP contribution in [0.4, 0.5) is 4.79 Å². The quantitative estimate of drug-likeness (QED) is 0.907. The predicted octanol–water partition coefficient (Wildman–Crippen LogP) is 1.88. The molecule has 1 aliphatic rings. The largest absolute Gasteiger partial charge is 0.493 e. The molecule has 2 rings (SSSR count). The molecule has 1 saturated heterocycles. The number of carbonyl (C=O) groups is 1. The van der Waals surface area contributed by atoms with Gasteiger partial charge in [0.1, 0.15) is 6.10 Å². The Bertz CT molecular complexity index is 428. The Morgan fingerprint density at radius 2 is 1.89 bits per heavy atom. The molecule has 2 amide bonds. The molecular formula is C14H20N2O3. The zero-order chi connectivity index (χ0) is 13.7. The molecule has 1 heterocycles. The van der Waals surface area contributed by atoms with E-state index in [1.54, 1.807) is 14.2 Å². The lowest BCUT2D eigenvalue weighted by molar-refractivity contribution is 0.109. The van der Waals surface area contributed by atoms with Crippen LogP contribution >= 0.6 is 0 Å². The number of hydrogen-bond donors (Lipinski definition) is 1. The summed E-state index contributed by atoms with van der Waals surface area (Å²) < 4.78 is 11.2. The highest BCUT2D eigenvalue weighted by Crippen LogP contribution is 2.28. The molecule has 19 heavy (non-hydrogen) atoms. The van der Waals surface area contributed by atoms with Gasteiger partial charge in [-0.15, -0.1) is 0 Å². The van der Waals surface area contributed by atoms with Gasteiger partial charge in [-0.2, -0.15) is 0 Å². The molecule has 0 saturated carbocycles. The van der Waals surface area contributed by atoms with Gasteiger partial charge in [0.25, 0.3) is 0 Å². The number of methoxy groups -OCH3 is 1. The maximum Gasteiger partial charge on any atom is 0.317 e. The second-order valence-corrected chi connectivity index (χ2v) is 4.51. The Hall–Kier alpha value is -1.91. The van der Waals surface area contributed by atoms with Crippen LogP contribution < -0.4 is 14.8 Å². The molecule has 5 nitrogen and oxygen atoms in total. The van der Waals surface area contributed by atoms with Crippen LogP contribution in [-0.4, -0.2) is 44.3 Å². The van der Waals surface area contributed by atoms with Gasteiger partial charge in [0.15, 0.2) is 11.5 Å². The second kappa shape index (κ2) is 6.31. The molecule has 1 aromatic carbocycles. The zero-order valence-corrected chi connectivity index (χ0v) is 11.4. The van der Waals surface area contributed by atoms with Crippen molar-refractivity contribution in [3.63, 3.8) is 0 Å². The Kier molecular flexibility index (Phi) is 4.49. The van der Waals surface area contributed by atoms with Crippen LogP contribution in [0.3, 0.4) is 0 Å². The molecule has 1 aromatic rings. The molecular weight excluding hydrogens is 244 g/mol. The third-order valence-corrected chi connectivity index (χ3v) is 3.31. The van der Waals surface area contributed by atoms with Crippen molar-refractivity contribution < 1.29 is 14.3 Å². The van der Waals surface area contributed by atoms with Crippen molar-refractivity contribution in [2.24, 2.45) is 0 Å². The first-order chi connectivity index (χ1) is 9.24. The second-order valence-electron chi connectivity index (χ2n) is 4.51. The number of nitrogens with zero attached hydrogens (tertiary/aromatic N) is 1. The molecule has 1 fully saturated rings. The van der Waals surface area contributed by atoms with E-state index in [4.69, 9.17) is 9.47 Å². The average molecular weight is 264 g/mol. The molecule has 0 unspecified atom stereocenters. The molecule has 1 N–H and O–H groups in total. The lowest BCUT2D eigenvalue weighted by Gasteiger charge is -2.32. The number of piperidine rings is 1. The number of ether oxygens (including phenoxy) is 2. The van der Waals surface area contributed by atoms with E-state index in [1.807, 2.05) is 29.2 Å². The minimum atomic E-state index is -0.0178. The van der Waals surface area contributed by atoms with Crippen molar-refractivity contribution in [2.75, 3.05) is 27.2 Å². The first-order valence-corrected chi connectivity index (χ1v) is 6.51. The maximum atomic E-state index is 11.5. The topological polar surface area (TPSA) is 50.8 Å². The molecule has 0 aliphatic carbocycles. The van der Waals surface area contributed by atoms with Gasteiger partial charge in [0.2, 0.25) is 0 Å². The van der Waals surface area contributed by atoms with E-state index in [9.17, 15) is 4.79 Å².